The smallest absolute Gasteiger partial charge is 0.0962 e. The lowest BCUT2D eigenvalue weighted by Gasteiger charge is -2.34. The van der Waals surface area contributed by atoms with Gasteiger partial charge in [-0.2, -0.15) is 0 Å². The van der Waals surface area contributed by atoms with Crippen molar-refractivity contribution in [1.29, 1.82) is 0 Å². The Morgan fingerprint density at radius 3 is 3.18 bits per heavy atom. The number of hydrogen-bond acceptors (Lipinski definition) is 5. The highest BCUT2D eigenvalue weighted by molar-refractivity contribution is 4.90. The lowest BCUT2D eigenvalue weighted by atomic mass is 9.95. The third-order valence-corrected chi connectivity index (χ3v) is 3.13. The second-order valence-corrected chi connectivity index (χ2v) is 4.82. The Morgan fingerprint density at radius 1 is 1.65 bits per heavy atom. The minimum absolute atomic E-state index is 0.107. The van der Waals surface area contributed by atoms with E-state index in [1.54, 1.807) is 0 Å². The zero-order chi connectivity index (χ0) is 12.1. The van der Waals surface area contributed by atoms with E-state index in [0.29, 0.717) is 6.54 Å². The van der Waals surface area contributed by atoms with E-state index in [2.05, 4.69) is 22.6 Å². The standard InChI is InChI=1S/C11H21N5O/c1-11(3-2-6-17-9-11)13-4-5-16-8-10(7-12)14-15-16/h8,13H,2-7,9,12H2,1H3. The molecule has 1 fully saturated rings. The van der Waals surface area contributed by atoms with Crippen molar-refractivity contribution in [2.24, 2.45) is 5.73 Å². The zero-order valence-electron chi connectivity index (χ0n) is 10.4. The van der Waals surface area contributed by atoms with Gasteiger partial charge in [-0.1, -0.05) is 5.21 Å². The van der Waals surface area contributed by atoms with Crippen LogP contribution in [0, 0.1) is 0 Å². The van der Waals surface area contributed by atoms with E-state index in [4.69, 9.17) is 10.5 Å². The molecule has 0 radical (unpaired) electrons. The molecule has 1 atom stereocenters. The summed E-state index contributed by atoms with van der Waals surface area (Å²) in [6.07, 6.45) is 4.18. The lowest BCUT2D eigenvalue weighted by Crippen LogP contribution is -2.49. The van der Waals surface area contributed by atoms with Gasteiger partial charge in [0.05, 0.1) is 18.8 Å². The van der Waals surface area contributed by atoms with Crippen LogP contribution in [0.5, 0.6) is 0 Å². The Balaban J connectivity index is 1.74. The fourth-order valence-electron chi connectivity index (χ4n) is 2.09. The first-order valence-corrected chi connectivity index (χ1v) is 6.14. The Labute approximate surface area is 102 Å². The first-order valence-electron chi connectivity index (χ1n) is 6.14. The number of aromatic nitrogens is 3. The van der Waals surface area contributed by atoms with Crippen molar-refractivity contribution in [3.8, 4) is 0 Å². The average Bonchev–Trinajstić information content (AvgIpc) is 2.78. The highest BCUT2D eigenvalue weighted by Crippen LogP contribution is 2.17. The summed E-state index contributed by atoms with van der Waals surface area (Å²) in [5, 5.41) is 11.5. The predicted octanol–water partition coefficient (Wildman–Crippen LogP) is -0.104. The van der Waals surface area contributed by atoms with Gasteiger partial charge < -0.3 is 15.8 Å². The van der Waals surface area contributed by atoms with Crippen molar-refractivity contribution in [1.82, 2.24) is 20.3 Å². The van der Waals surface area contributed by atoms with Gasteiger partial charge in [-0.3, -0.25) is 4.68 Å². The van der Waals surface area contributed by atoms with Crippen molar-refractivity contribution in [2.45, 2.75) is 38.4 Å². The van der Waals surface area contributed by atoms with E-state index >= 15 is 0 Å². The van der Waals surface area contributed by atoms with Crippen molar-refractivity contribution in [3.63, 3.8) is 0 Å². The van der Waals surface area contributed by atoms with Crippen LogP contribution in [0.2, 0.25) is 0 Å². The Bertz CT molecular complexity index is 345. The Hall–Kier alpha value is -0.980. The first-order chi connectivity index (χ1) is 8.22. The molecule has 6 heteroatoms. The molecule has 96 valence electrons. The molecule has 0 saturated carbocycles. The van der Waals surface area contributed by atoms with E-state index in [0.717, 1.165) is 38.4 Å². The normalized spacial score (nSPS) is 25.1. The van der Waals surface area contributed by atoms with Crippen molar-refractivity contribution in [2.75, 3.05) is 19.8 Å². The van der Waals surface area contributed by atoms with Crippen LogP contribution in [0.15, 0.2) is 6.20 Å². The maximum Gasteiger partial charge on any atom is 0.0962 e. The Kier molecular flexibility index (Phi) is 4.09. The van der Waals surface area contributed by atoms with Crippen LogP contribution in [0.3, 0.4) is 0 Å². The van der Waals surface area contributed by atoms with Crippen LogP contribution in [0.4, 0.5) is 0 Å². The van der Waals surface area contributed by atoms with Gasteiger partial charge in [0.15, 0.2) is 0 Å². The van der Waals surface area contributed by atoms with Gasteiger partial charge in [-0.05, 0) is 19.8 Å². The molecule has 1 aromatic rings. The van der Waals surface area contributed by atoms with E-state index in [-0.39, 0.29) is 5.54 Å². The van der Waals surface area contributed by atoms with Crippen LogP contribution in [-0.2, 0) is 17.8 Å². The van der Waals surface area contributed by atoms with E-state index in [9.17, 15) is 0 Å². The fraction of sp³-hybridized carbons (Fsp3) is 0.818. The maximum absolute atomic E-state index is 5.50. The Morgan fingerprint density at radius 2 is 2.53 bits per heavy atom. The summed E-state index contributed by atoms with van der Waals surface area (Å²) in [5.41, 5.74) is 6.42. The van der Waals surface area contributed by atoms with Crippen LogP contribution < -0.4 is 11.1 Å². The van der Waals surface area contributed by atoms with Crippen molar-refractivity contribution < 1.29 is 4.74 Å². The molecule has 1 aromatic heterocycles. The summed E-state index contributed by atoms with van der Waals surface area (Å²) in [7, 11) is 0. The quantitative estimate of drug-likeness (QED) is 0.750. The molecule has 2 rings (SSSR count). The molecule has 0 spiro atoms. The molecule has 1 aliphatic heterocycles. The number of hydrogen-bond donors (Lipinski definition) is 2. The van der Waals surface area contributed by atoms with Gasteiger partial charge in [-0.25, -0.2) is 0 Å². The highest BCUT2D eigenvalue weighted by atomic mass is 16.5. The molecule has 1 aliphatic rings. The van der Waals surface area contributed by atoms with E-state index < -0.39 is 0 Å². The van der Waals surface area contributed by atoms with Gasteiger partial charge >= 0.3 is 0 Å². The zero-order valence-corrected chi connectivity index (χ0v) is 10.4. The summed E-state index contributed by atoms with van der Waals surface area (Å²) in [4.78, 5) is 0. The summed E-state index contributed by atoms with van der Waals surface area (Å²) in [6.45, 7) is 6.01. The molecular formula is C11H21N5O. The number of nitrogens with two attached hydrogens (primary N) is 1. The molecule has 17 heavy (non-hydrogen) atoms. The minimum Gasteiger partial charge on any atom is -0.380 e. The third-order valence-electron chi connectivity index (χ3n) is 3.13. The molecular weight excluding hydrogens is 218 g/mol. The van der Waals surface area contributed by atoms with Crippen molar-refractivity contribution in [3.05, 3.63) is 11.9 Å². The van der Waals surface area contributed by atoms with Gasteiger partial charge in [0.25, 0.3) is 0 Å². The molecule has 0 amide bonds. The van der Waals surface area contributed by atoms with Crippen LogP contribution in [-0.4, -0.2) is 40.3 Å². The summed E-state index contributed by atoms with van der Waals surface area (Å²) in [5.74, 6) is 0. The fourth-order valence-corrected chi connectivity index (χ4v) is 2.09. The molecule has 2 heterocycles. The molecule has 3 N–H and O–H groups in total. The highest BCUT2D eigenvalue weighted by Gasteiger charge is 2.26. The third kappa shape index (κ3) is 3.49. The van der Waals surface area contributed by atoms with Crippen LogP contribution >= 0.6 is 0 Å². The maximum atomic E-state index is 5.50. The van der Waals surface area contributed by atoms with Gasteiger partial charge in [0.2, 0.25) is 0 Å². The number of ether oxygens (including phenoxy) is 1. The summed E-state index contributed by atoms with van der Waals surface area (Å²) in [6, 6.07) is 0. The molecule has 6 nitrogen and oxygen atoms in total. The molecule has 0 aliphatic carbocycles. The number of rotatable bonds is 5. The van der Waals surface area contributed by atoms with Gasteiger partial charge in [0, 0.05) is 31.4 Å². The van der Waals surface area contributed by atoms with Gasteiger partial charge in [-0.15, -0.1) is 5.10 Å². The molecule has 0 bridgehead atoms. The molecule has 1 unspecified atom stereocenters. The minimum atomic E-state index is 0.107. The average molecular weight is 239 g/mol. The number of nitrogens with one attached hydrogen (secondary N) is 1. The summed E-state index contributed by atoms with van der Waals surface area (Å²) < 4.78 is 7.32. The lowest BCUT2D eigenvalue weighted by molar-refractivity contribution is 0.0282. The predicted molar refractivity (Wildman–Crippen MR) is 64.4 cm³/mol. The summed E-state index contributed by atoms with van der Waals surface area (Å²) >= 11 is 0. The molecule has 0 aromatic carbocycles. The second kappa shape index (κ2) is 5.57. The van der Waals surface area contributed by atoms with Crippen LogP contribution in [0.1, 0.15) is 25.5 Å². The molecule has 1 saturated heterocycles. The van der Waals surface area contributed by atoms with Gasteiger partial charge in [0.1, 0.15) is 0 Å². The van der Waals surface area contributed by atoms with E-state index in [1.165, 1.54) is 6.42 Å². The number of nitrogens with zero attached hydrogens (tertiary/aromatic N) is 3. The van der Waals surface area contributed by atoms with Crippen LogP contribution in [0.25, 0.3) is 0 Å². The second-order valence-electron chi connectivity index (χ2n) is 4.82. The SMILES string of the molecule is CC1(NCCn2cc(CN)nn2)CCCOC1. The monoisotopic (exact) mass is 239 g/mol. The topological polar surface area (TPSA) is 78.0 Å². The van der Waals surface area contributed by atoms with Crippen molar-refractivity contribution >= 4 is 0 Å². The first kappa shape index (κ1) is 12.5. The van der Waals surface area contributed by atoms with E-state index in [1.807, 2.05) is 10.9 Å². The largest absolute Gasteiger partial charge is 0.380 e.